The van der Waals surface area contributed by atoms with Gasteiger partial charge in [0.25, 0.3) is 10.2 Å². The molecule has 0 saturated carbocycles. The van der Waals surface area contributed by atoms with E-state index >= 15 is 0 Å². The lowest BCUT2D eigenvalue weighted by molar-refractivity contribution is -0.142. The third kappa shape index (κ3) is 4.52. The highest BCUT2D eigenvalue weighted by molar-refractivity contribution is 7.86. The maximum atomic E-state index is 13.5. The molecule has 3 saturated heterocycles. The molecule has 0 aromatic heterocycles. The lowest BCUT2D eigenvalue weighted by Gasteiger charge is -2.41. The van der Waals surface area contributed by atoms with Crippen LogP contribution < -0.4 is 5.32 Å². The van der Waals surface area contributed by atoms with Gasteiger partial charge in [-0.2, -0.15) is 22.3 Å². The van der Waals surface area contributed by atoms with Crippen LogP contribution in [0.4, 0.5) is 0 Å². The van der Waals surface area contributed by atoms with E-state index < -0.39 is 22.2 Å². The molecular weight excluding hydrogens is 482 g/mol. The number of hydrogen-bond donors (Lipinski definition) is 2. The Hall–Kier alpha value is -2.52. The summed E-state index contributed by atoms with van der Waals surface area (Å²) in [7, 11) is -3.69. The van der Waals surface area contributed by atoms with Gasteiger partial charge in [0.05, 0.1) is 30.6 Å². The van der Waals surface area contributed by atoms with Gasteiger partial charge in [0, 0.05) is 38.6 Å². The Morgan fingerprint density at radius 2 is 1.78 bits per heavy atom. The molecule has 3 fully saturated rings. The van der Waals surface area contributed by atoms with E-state index in [0.29, 0.717) is 38.8 Å². The van der Waals surface area contributed by atoms with Gasteiger partial charge in [0.1, 0.15) is 6.04 Å². The van der Waals surface area contributed by atoms with E-state index in [-0.39, 0.29) is 55.9 Å². The molecule has 194 valence electrons. The van der Waals surface area contributed by atoms with Crippen molar-refractivity contribution < 1.29 is 23.1 Å². The molecule has 2 N–H and O–H groups in total. The fourth-order valence-corrected chi connectivity index (χ4v) is 7.87. The molecule has 36 heavy (non-hydrogen) atoms. The summed E-state index contributed by atoms with van der Waals surface area (Å²) in [6, 6.07) is 9.12. The van der Waals surface area contributed by atoms with Crippen molar-refractivity contribution in [1.29, 1.82) is 5.26 Å². The second kappa shape index (κ2) is 10.1. The molecule has 0 spiro atoms. The minimum absolute atomic E-state index is 0.0159. The van der Waals surface area contributed by atoms with Crippen molar-refractivity contribution in [1.82, 2.24) is 18.8 Å². The van der Waals surface area contributed by atoms with E-state index in [0.717, 1.165) is 17.5 Å². The average Bonchev–Trinajstić information content (AvgIpc) is 3.48. The van der Waals surface area contributed by atoms with Crippen LogP contribution in [0, 0.1) is 23.2 Å². The van der Waals surface area contributed by atoms with Gasteiger partial charge in [0.2, 0.25) is 11.8 Å². The van der Waals surface area contributed by atoms with E-state index in [1.165, 1.54) is 8.61 Å². The summed E-state index contributed by atoms with van der Waals surface area (Å²) < 4.78 is 28.6. The van der Waals surface area contributed by atoms with Gasteiger partial charge in [-0.3, -0.25) is 9.59 Å². The minimum atomic E-state index is -3.69. The quantitative estimate of drug-likeness (QED) is 0.574. The molecular formula is C25H33N5O5S. The summed E-state index contributed by atoms with van der Waals surface area (Å²) in [6.07, 6.45) is 3.10. The van der Waals surface area contributed by atoms with Crippen LogP contribution in [0.1, 0.15) is 55.2 Å². The highest BCUT2D eigenvalue weighted by atomic mass is 32.2. The Morgan fingerprint density at radius 3 is 2.50 bits per heavy atom. The molecule has 5 rings (SSSR count). The number of rotatable bonds is 6. The first-order chi connectivity index (χ1) is 17.3. The number of amides is 2. The second-order valence-corrected chi connectivity index (χ2v) is 12.3. The van der Waals surface area contributed by atoms with Crippen LogP contribution in [0.2, 0.25) is 0 Å². The van der Waals surface area contributed by atoms with Crippen molar-refractivity contribution in [3.05, 3.63) is 35.4 Å². The van der Waals surface area contributed by atoms with Crippen molar-refractivity contribution >= 4 is 22.0 Å². The van der Waals surface area contributed by atoms with Crippen molar-refractivity contribution in [2.24, 2.45) is 11.8 Å². The topological polar surface area (TPSA) is 134 Å². The van der Waals surface area contributed by atoms with E-state index in [4.69, 9.17) is 5.26 Å². The Morgan fingerprint density at radius 1 is 1.06 bits per heavy atom. The van der Waals surface area contributed by atoms with Crippen LogP contribution in [-0.2, 0) is 19.8 Å². The van der Waals surface area contributed by atoms with E-state index in [2.05, 4.69) is 11.4 Å². The maximum Gasteiger partial charge on any atom is 0.282 e. The van der Waals surface area contributed by atoms with E-state index in [1.807, 2.05) is 24.3 Å². The molecule has 0 radical (unpaired) electrons. The zero-order chi connectivity index (χ0) is 25.4. The van der Waals surface area contributed by atoms with E-state index in [9.17, 15) is 23.1 Å². The molecule has 10 nitrogen and oxygen atoms in total. The SMILES string of the molecule is N#CC1CN(S(=O)(=O)N2CCC[C@H](C(=O)N3CCC[C@@H]3C(=O)N[C@@H]3C[C@H](CO)c4ccccc43)C2)C1. The Bertz CT molecular complexity index is 1160. The number of hydrogen-bond acceptors (Lipinski definition) is 6. The molecule has 2 amide bonds. The normalized spacial score (nSPS) is 29.4. The number of benzene rings is 1. The van der Waals surface area contributed by atoms with Crippen LogP contribution in [-0.4, -0.2) is 84.2 Å². The van der Waals surface area contributed by atoms with Crippen LogP contribution in [0.5, 0.6) is 0 Å². The predicted octanol–water partition coefficient (Wildman–Crippen LogP) is 0.727. The summed E-state index contributed by atoms with van der Waals surface area (Å²) in [6.45, 7) is 1.36. The van der Waals surface area contributed by atoms with E-state index in [1.54, 1.807) is 4.90 Å². The third-order valence-electron chi connectivity index (χ3n) is 8.12. The van der Waals surface area contributed by atoms with Crippen LogP contribution in [0.15, 0.2) is 24.3 Å². The monoisotopic (exact) mass is 515 g/mol. The van der Waals surface area contributed by atoms with Crippen LogP contribution >= 0.6 is 0 Å². The molecule has 4 aliphatic rings. The standard InChI is InChI=1S/C25H33N5O5S/c26-12-17-13-29(14-17)36(34,35)28-9-3-5-18(15-28)25(33)30-10-4-8-23(30)24(32)27-22-11-19(16-31)20-6-1-2-7-21(20)22/h1-2,6-7,17-19,22-23,31H,3-5,8-11,13-16H2,(H,27,32)/t18-,19+,22+,23+/m0/s1. The molecule has 1 aliphatic carbocycles. The number of aliphatic hydroxyl groups is 1. The van der Waals surface area contributed by atoms with Gasteiger partial charge in [-0.25, -0.2) is 0 Å². The first kappa shape index (κ1) is 25.1. The largest absolute Gasteiger partial charge is 0.396 e. The Balaban J connectivity index is 1.23. The van der Waals surface area contributed by atoms with Crippen molar-refractivity contribution in [3.63, 3.8) is 0 Å². The lowest BCUT2D eigenvalue weighted by atomic mass is 9.97. The number of carbonyl (C=O) groups is 2. The molecule has 4 atom stereocenters. The molecule has 1 aromatic carbocycles. The Kier molecular flexibility index (Phi) is 7.05. The number of likely N-dealkylation sites (tertiary alicyclic amines) is 1. The van der Waals surface area contributed by atoms with Gasteiger partial charge in [-0.05, 0) is 43.2 Å². The molecule has 11 heteroatoms. The first-order valence-electron chi connectivity index (χ1n) is 12.8. The third-order valence-corrected chi connectivity index (χ3v) is 10.1. The van der Waals surface area contributed by atoms with Gasteiger partial charge >= 0.3 is 0 Å². The molecule has 0 bridgehead atoms. The smallest absolute Gasteiger partial charge is 0.282 e. The molecule has 3 heterocycles. The fraction of sp³-hybridized carbons (Fsp3) is 0.640. The zero-order valence-electron chi connectivity index (χ0n) is 20.3. The molecule has 0 unspecified atom stereocenters. The molecule has 3 aliphatic heterocycles. The predicted molar refractivity (Wildman–Crippen MR) is 130 cm³/mol. The number of carbonyl (C=O) groups excluding carboxylic acids is 2. The van der Waals surface area contributed by atoms with Crippen LogP contribution in [0.3, 0.4) is 0 Å². The summed E-state index contributed by atoms with van der Waals surface area (Å²) in [5.41, 5.74) is 2.06. The number of nitrogens with one attached hydrogen (secondary N) is 1. The van der Waals surface area contributed by atoms with Crippen molar-refractivity contribution in [2.75, 3.05) is 39.3 Å². The van der Waals surface area contributed by atoms with Gasteiger partial charge in [0.15, 0.2) is 0 Å². The zero-order valence-corrected chi connectivity index (χ0v) is 21.1. The molecule has 1 aromatic rings. The summed E-state index contributed by atoms with van der Waals surface area (Å²) >= 11 is 0. The average molecular weight is 516 g/mol. The van der Waals surface area contributed by atoms with Gasteiger partial charge in [-0.15, -0.1) is 0 Å². The van der Waals surface area contributed by atoms with Crippen molar-refractivity contribution in [3.8, 4) is 6.07 Å². The number of nitrogens with zero attached hydrogens (tertiary/aromatic N) is 4. The highest BCUT2D eigenvalue weighted by Crippen LogP contribution is 2.40. The minimum Gasteiger partial charge on any atom is -0.396 e. The lowest BCUT2D eigenvalue weighted by Crippen LogP contribution is -2.57. The van der Waals surface area contributed by atoms with Crippen LogP contribution in [0.25, 0.3) is 0 Å². The Labute approximate surface area is 212 Å². The summed E-state index contributed by atoms with van der Waals surface area (Å²) in [4.78, 5) is 28.5. The maximum absolute atomic E-state index is 13.5. The number of nitriles is 1. The number of aliphatic hydroxyl groups excluding tert-OH is 1. The summed E-state index contributed by atoms with van der Waals surface area (Å²) in [5.74, 6) is -1.13. The summed E-state index contributed by atoms with van der Waals surface area (Å²) in [5, 5.41) is 21.9. The fourth-order valence-electron chi connectivity index (χ4n) is 6.08. The van der Waals surface area contributed by atoms with Crippen molar-refractivity contribution in [2.45, 2.75) is 50.1 Å². The highest BCUT2D eigenvalue weighted by Gasteiger charge is 2.44. The number of piperidine rings is 1. The first-order valence-corrected chi connectivity index (χ1v) is 14.2. The second-order valence-electron chi connectivity index (χ2n) is 10.3. The van der Waals surface area contributed by atoms with Gasteiger partial charge in [-0.1, -0.05) is 24.3 Å². The van der Waals surface area contributed by atoms with Gasteiger partial charge < -0.3 is 15.3 Å². The number of fused-ring (bicyclic) bond motifs is 1.